The van der Waals surface area contributed by atoms with Gasteiger partial charge < -0.3 is 14.5 Å². The Morgan fingerprint density at radius 2 is 1.79 bits per heavy atom. The summed E-state index contributed by atoms with van der Waals surface area (Å²) in [7, 11) is 0. The van der Waals surface area contributed by atoms with Crippen LogP contribution in [0.4, 0.5) is 5.69 Å². The van der Waals surface area contributed by atoms with Crippen molar-refractivity contribution >= 4 is 22.7 Å². The van der Waals surface area contributed by atoms with Crippen LogP contribution in [0.3, 0.4) is 0 Å². The minimum Gasteiger partial charge on any atom is -0.491 e. The minimum absolute atomic E-state index is 0.140. The fraction of sp³-hybridized carbons (Fsp3) is 0.286. The van der Waals surface area contributed by atoms with Crippen LogP contribution in [-0.2, 0) is 0 Å². The lowest BCUT2D eigenvalue weighted by Crippen LogP contribution is -2.12. The lowest BCUT2D eigenvalue weighted by atomic mass is 9.98. The van der Waals surface area contributed by atoms with Gasteiger partial charge in [-0.1, -0.05) is 32.9 Å². The third-order valence-corrected chi connectivity index (χ3v) is 5.99. The topological polar surface area (TPSA) is 64.4 Å². The molecule has 1 heterocycles. The van der Waals surface area contributed by atoms with Gasteiger partial charge in [0, 0.05) is 16.8 Å². The van der Waals surface area contributed by atoms with E-state index in [4.69, 9.17) is 9.15 Å². The zero-order valence-electron chi connectivity index (χ0n) is 19.6. The minimum atomic E-state index is -0.182. The highest BCUT2D eigenvalue weighted by atomic mass is 16.5. The molecule has 0 radical (unpaired) electrons. The third-order valence-electron chi connectivity index (χ3n) is 5.99. The summed E-state index contributed by atoms with van der Waals surface area (Å²) in [5, 5.41) is 2.96. The molecule has 0 saturated carbocycles. The van der Waals surface area contributed by atoms with E-state index in [0.717, 1.165) is 35.3 Å². The first-order valence-corrected chi connectivity index (χ1v) is 11.6. The summed E-state index contributed by atoms with van der Waals surface area (Å²) in [6, 6.07) is 20.9. The molecule has 170 valence electrons. The summed E-state index contributed by atoms with van der Waals surface area (Å²) in [6.45, 7) is 8.49. The number of carbonyl (C=O) groups is 1. The Hall–Kier alpha value is -3.60. The number of nitrogens with one attached hydrogen (secondary N) is 1. The van der Waals surface area contributed by atoms with E-state index in [1.807, 2.05) is 49.4 Å². The van der Waals surface area contributed by atoms with Crippen LogP contribution in [0.1, 0.15) is 62.4 Å². The standard InChI is InChI=1S/C28H30N2O3/c1-5-18(3)21-12-15-26-25(17-21)30-28(33-26)22-8-7-9-23(16-22)29-27(31)20-10-13-24(14-11-20)32-19(4)6-2/h7-19H,5-6H2,1-4H3,(H,29,31)/t18-,19+/m1/s1. The molecule has 3 aromatic carbocycles. The van der Waals surface area contributed by atoms with E-state index >= 15 is 0 Å². The lowest BCUT2D eigenvalue weighted by molar-refractivity contribution is 0.102. The molecule has 0 saturated heterocycles. The number of nitrogens with zero attached hydrogens (tertiary/aromatic N) is 1. The average Bonchev–Trinajstić information content (AvgIpc) is 3.27. The molecule has 0 fully saturated rings. The molecule has 0 aliphatic carbocycles. The van der Waals surface area contributed by atoms with Gasteiger partial charge in [-0.05, 0) is 85.8 Å². The summed E-state index contributed by atoms with van der Waals surface area (Å²) in [5.41, 5.74) is 4.91. The molecule has 4 aromatic rings. The number of oxazole rings is 1. The molecule has 0 spiro atoms. The van der Waals surface area contributed by atoms with Gasteiger partial charge in [0.25, 0.3) is 5.91 Å². The molecule has 1 N–H and O–H groups in total. The molecule has 0 aliphatic heterocycles. The van der Waals surface area contributed by atoms with Crippen molar-refractivity contribution in [1.29, 1.82) is 0 Å². The number of carbonyl (C=O) groups excluding carboxylic acids is 1. The van der Waals surface area contributed by atoms with Crippen molar-refractivity contribution in [3.63, 3.8) is 0 Å². The summed E-state index contributed by atoms with van der Waals surface area (Å²) >= 11 is 0. The number of rotatable bonds is 8. The number of fused-ring (bicyclic) bond motifs is 1. The molecule has 4 rings (SSSR count). The molecule has 1 aromatic heterocycles. The van der Waals surface area contributed by atoms with E-state index in [9.17, 15) is 4.79 Å². The summed E-state index contributed by atoms with van der Waals surface area (Å²) in [4.78, 5) is 17.4. The summed E-state index contributed by atoms with van der Waals surface area (Å²) in [6.07, 6.45) is 2.14. The second-order valence-corrected chi connectivity index (χ2v) is 8.45. The van der Waals surface area contributed by atoms with Gasteiger partial charge in [-0.2, -0.15) is 0 Å². The number of hydrogen-bond donors (Lipinski definition) is 1. The molecule has 0 bridgehead atoms. The Morgan fingerprint density at radius 3 is 2.52 bits per heavy atom. The van der Waals surface area contributed by atoms with Crippen LogP contribution in [0.2, 0.25) is 0 Å². The highest BCUT2D eigenvalue weighted by Gasteiger charge is 2.13. The maximum Gasteiger partial charge on any atom is 0.255 e. The Kier molecular flexibility index (Phi) is 6.78. The van der Waals surface area contributed by atoms with Gasteiger partial charge in [0.2, 0.25) is 5.89 Å². The molecule has 5 nitrogen and oxygen atoms in total. The maximum atomic E-state index is 12.7. The van der Waals surface area contributed by atoms with Crippen molar-refractivity contribution in [2.75, 3.05) is 5.32 Å². The van der Waals surface area contributed by atoms with Crippen LogP contribution in [0.15, 0.2) is 71.1 Å². The van der Waals surface area contributed by atoms with Gasteiger partial charge in [-0.3, -0.25) is 4.79 Å². The summed E-state index contributed by atoms with van der Waals surface area (Å²) < 4.78 is 11.8. The quantitative estimate of drug-likeness (QED) is 0.308. The van der Waals surface area contributed by atoms with Gasteiger partial charge in [-0.15, -0.1) is 0 Å². The van der Waals surface area contributed by atoms with Crippen molar-refractivity contribution < 1.29 is 13.9 Å². The first-order chi connectivity index (χ1) is 16.0. The number of benzene rings is 3. The second-order valence-electron chi connectivity index (χ2n) is 8.45. The number of aromatic nitrogens is 1. The normalized spacial score (nSPS) is 13.0. The molecule has 5 heteroatoms. The molecule has 2 atom stereocenters. The Morgan fingerprint density at radius 1 is 1.00 bits per heavy atom. The number of hydrogen-bond acceptors (Lipinski definition) is 4. The first-order valence-electron chi connectivity index (χ1n) is 11.6. The smallest absolute Gasteiger partial charge is 0.255 e. The van der Waals surface area contributed by atoms with Crippen LogP contribution < -0.4 is 10.1 Å². The van der Waals surface area contributed by atoms with Crippen LogP contribution in [0.25, 0.3) is 22.6 Å². The molecule has 0 aliphatic rings. The molecule has 0 unspecified atom stereocenters. The summed E-state index contributed by atoms with van der Waals surface area (Å²) in [5.74, 6) is 1.59. The maximum absolute atomic E-state index is 12.7. The van der Waals surface area contributed by atoms with Crippen LogP contribution >= 0.6 is 0 Å². The van der Waals surface area contributed by atoms with Crippen molar-refractivity contribution in [3.05, 3.63) is 77.9 Å². The average molecular weight is 443 g/mol. The highest BCUT2D eigenvalue weighted by molar-refractivity contribution is 6.04. The van der Waals surface area contributed by atoms with Crippen molar-refractivity contribution in [1.82, 2.24) is 4.98 Å². The van der Waals surface area contributed by atoms with E-state index in [2.05, 4.69) is 43.2 Å². The van der Waals surface area contributed by atoms with Crippen molar-refractivity contribution in [2.45, 2.75) is 52.6 Å². The van der Waals surface area contributed by atoms with E-state index in [1.54, 1.807) is 12.1 Å². The second kappa shape index (κ2) is 9.90. The third kappa shape index (κ3) is 5.25. The Labute approximate surface area is 194 Å². The molecule has 33 heavy (non-hydrogen) atoms. The Bertz CT molecular complexity index is 1240. The number of amides is 1. The Balaban J connectivity index is 1.50. The van der Waals surface area contributed by atoms with Crippen LogP contribution in [-0.4, -0.2) is 17.0 Å². The van der Waals surface area contributed by atoms with E-state index in [0.29, 0.717) is 23.1 Å². The molecule has 1 amide bonds. The fourth-order valence-corrected chi connectivity index (χ4v) is 3.54. The first kappa shape index (κ1) is 22.6. The predicted molar refractivity (Wildman–Crippen MR) is 133 cm³/mol. The molecular formula is C28H30N2O3. The predicted octanol–water partition coefficient (Wildman–Crippen LogP) is 7.44. The van der Waals surface area contributed by atoms with E-state index in [-0.39, 0.29) is 12.0 Å². The fourth-order valence-electron chi connectivity index (χ4n) is 3.54. The van der Waals surface area contributed by atoms with Gasteiger partial charge >= 0.3 is 0 Å². The number of anilines is 1. The van der Waals surface area contributed by atoms with Gasteiger partial charge in [0.05, 0.1) is 6.10 Å². The SMILES string of the molecule is CC[C@@H](C)c1ccc2oc(-c3cccc(NC(=O)c4ccc(O[C@@H](C)CC)cc4)c3)nc2c1. The highest BCUT2D eigenvalue weighted by Crippen LogP contribution is 2.29. The largest absolute Gasteiger partial charge is 0.491 e. The van der Waals surface area contributed by atoms with Gasteiger partial charge in [0.1, 0.15) is 11.3 Å². The van der Waals surface area contributed by atoms with Gasteiger partial charge in [0.15, 0.2) is 5.58 Å². The van der Waals surface area contributed by atoms with Gasteiger partial charge in [-0.25, -0.2) is 4.98 Å². The number of ether oxygens (including phenoxy) is 1. The van der Waals surface area contributed by atoms with Crippen molar-refractivity contribution in [3.8, 4) is 17.2 Å². The zero-order valence-corrected chi connectivity index (χ0v) is 19.6. The van der Waals surface area contributed by atoms with Crippen molar-refractivity contribution in [2.24, 2.45) is 0 Å². The lowest BCUT2D eigenvalue weighted by Gasteiger charge is -2.12. The van der Waals surface area contributed by atoms with Crippen LogP contribution in [0, 0.1) is 0 Å². The van der Waals surface area contributed by atoms with Crippen LogP contribution in [0.5, 0.6) is 5.75 Å². The zero-order chi connectivity index (χ0) is 23.4. The van der Waals surface area contributed by atoms with E-state index < -0.39 is 0 Å². The van der Waals surface area contributed by atoms with E-state index in [1.165, 1.54) is 5.56 Å². The molecular weight excluding hydrogens is 412 g/mol. The monoisotopic (exact) mass is 442 g/mol.